The summed E-state index contributed by atoms with van der Waals surface area (Å²) in [5, 5.41) is 10.2. The molecule has 0 radical (unpaired) electrons. The molecule has 0 aromatic heterocycles. The van der Waals surface area contributed by atoms with Crippen LogP contribution in [0.15, 0.2) is 11.6 Å². The van der Waals surface area contributed by atoms with E-state index in [1.54, 1.807) is 0 Å². The highest BCUT2D eigenvalue weighted by Crippen LogP contribution is 2.28. The van der Waals surface area contributed by atoms with E-state index in [4.69, 9.17) is 4.74 Å². The van der Waals surface area contributed by atoms with Crippen molar-refractivity contribution in [2.75, 3.05) is 6.61 Å². The lowest BCUT2D eigenvalue weighted by atomic mass is 9.88. The van der Waals surface area contributed by atoms with Gasteiger partial charge in [-0.15, -0.1) is 0 Å². The first-order valence-electron chi connectivity index (χ1n) is 5.06. The Bertz CT molecular complexity index is 194. The van der Waals surface area contributed by atoms with Crippen LogP contribution < -0.4 is 0 Å². The van der Waals surface area contributed by atoms with Crippen LogP contribution in [0.4, 0.5) is 0 Å². The number of rotatable bonds is 2. The molecule has 1 saturated heterocycles. The summed E-state index contributed by atoms with van der Waals surface area (Å²) in [6, 6.07) is 0. The molecule has 0 aromatic carbocycles. The molecule has 2 atom stereocenters. The molecule has 13 heavy (non-hydrogen) atoms. The van der Waals surface area contributed by atoms with Crippen molar-refractivity contribution in [2.24, 2.45) is 0 Å². The summed E-state index contributed by atoms with van der Waals surface area (Å²) in [6.45, 7) is 6.82. The van der Waals surface area contributed by atoms with Crippen molar-refractivity contribution < 1.29 is 9.84 Å². The van der Waals surface area contributed by atoms with E-state index in [-0.39, 0.29) is 6.10 Å². The molecule has 1 aliphatic rings. The third-order valence-corrected chi connectivity index (χ3v) is 2.48. The molecule has 2 heteroatoms. The van der Waals surface area contributed by atoms with Crippen LogP contribution in [0.1, 0.15) is 40.0 Å². The second kappa shape index (κ2) is 4.25. The molecule has 2 unspecified atom stereocenters. The first-order chi connectivity index (χ1) is 6.06. The van der Waals surface area contributed by atoms with Gasteiger partial charge in [0, 0.05) is 19.4 Å². The molecule has 1 heterocycles. The highest BCUT2D eigenvalue weighted by atomic mass is 16.5. The van der Waals surface area contributed by atoms with Gasteiger partial charge in [-0.05, 0) is 20.3 Å². The van der Waals surface area contributed by atoms with E-state index < -0.39 is 5.60 Å². The smallest absolute Gasteiger partial charge is 0.0876 e. The minimum atomic E-state index is -0.613. The zero-order chi connectivity index (χ0) is 9.90. The lowest BCUT2D eigenvalue weighted by Crippen LogP contribution is -2.39. The third kappa shape index (κ3) is 3.12. The van der Waals surface area contributed by atoms with E-state index in [2.05, 4.69) is 6.92 Å². The molecule has 0 bridgehead atoms. The number of ether oxygens (including phenoxy) is 1. The Morgan fingerprint density at radius 3 is 2.85 bits per heavy atom. The molecule has 1 aliphatic heterocycles. The predicted octanol–water partition coefficient (Wildman–Crippen LogP) is 2.27. The van der Waals surface area contributed by atoms with E-state index >= 15 is 0 Å². The van der Waals surface area contributed by atoms with Gasteiger partial charge in [-0.3, -0.25) is 0 Å². The van der Waals surface area contributed by atoms with E-state index in [1.165, 1.54) is 5.57 Å². The molecule has 0 aromatic rings. The summed E-state index contributed by atoms with van der Waals surface area (Å²) in [4.78, 5) is 0. The van der Waals surface area contributed by atoms with Crippen molar-refractivity contribution in [1.82, 2.24) is 0 Å². The number of hydrogen-bond acceptors (Lipinski definition) is 2. The zero-order valence-electron chi connectivity index (χ0n) is 8.84. The van der Waals surface area contributed by atoms with Gasteiger partial charge in [0.1, 0.15) is 0 Å². The normalized spacial score (nSPS) is 34.3. The molecular weight excluding hydrogens is 164 g/mol. The standard InChI is InChI=1S/C11H20O2/c1-4-10-8-11(12,5-6-13-10)7-9(2)3/h7,10,12H,4-6,8H2,1-3H3. The van der Waals surface area contributed by atoms with Gasteiger partial charge in [0.2, 0.25) is 0 Å². The minimum absolute atomic E-state index is 0.231. The Labute approximate surface area is 80.6 Å². The predicted molar refractivity (Wildman–Crippen MR) is 53.6 cm³/mol. The summed E-state index contributed by atoms with van der Waals surface area (Å²) < 4.78 is 5.51. The monoisotopic (exact) mass is 184 g/mol. The van der Waals surface area contributed by atoms with Crippen LogP contribution in [0.2, 0.25) is 0 Å². The van der Waals surface area contributed by atoms with Crippen LogP contribution in [0, 0.1) is 0 Å². The van der Waals surface area contributed by atoms with Crippen LogP contribution in [0.5, 0.6) is 0 Å². The fourth-order valence-corrected chi connectivity index (χ4v) is 1.89. The van der Waals surface area contributed by atoms with Crippen molar-refractivity contribution in [3.05, 3.63) is 11.6 Å². The quantitative estimate of drug-likeness (QED) is 0.667. The SMILES string of the molecule is CCC1CC(O)(C=C(C)C)CCO1. The zero-order valence-corrected chi connectivity index (χ0v) is 8.84. The van der Waals surface area contributed by atoms with E-state index in [0.717, 1.165) is 19.3 Å². The number of allylic oxidation sites excluding steroid dienone is 1. The first kappa shape index (κ1) is 10.7. The van der Waals surface area contributed by atoms with Crippen molar-refractivity contribution >= 4 is 0 Å². The van der Waals surface area contributed by atoms with Gasteiger partial charge < -0.3 is 9.84 Å². The Morgan fingerprint density at radius 2 is 2.31 bits per heavy atom. The molecule has 2 nitrogen and oxygen atoms in total. The molecule has 1 fully saturated rings. The lowest BCUT2D eigenvalue weighted by Gasteiger charge is -2.34. The van der Waals surface area contributed by atoms with Crippen LogP contribution in [0.25, 0.3) is 0 Å². The molecule has 76 valence electrons. The molecule has 0 aliphatic carbocycles. The van der Waals surface area contributed by atoms with Crippen LogP contribution in [-0.4, -0.2) is 23.4 Å². The van der Waals surface area contributed by atoms with Crippen molar-refractivity contribution in [3.63, 3.8) is 0 Å². The highest BCUT2D eigenvalue weighted by Gasteiger charge is 2.31. The van der Waals surface area contributed by atoms with Crippen LogP contribution >= 0.6 is 0 Å². The molecule has 0 amide bonds. The molecule has 0 spiro atoms. The lowest BCUT2D eigenvalue weighted by molar-refractivity contribution is -0.0797. The van der Waals surface area contributed by atoms with E-state index in [1.807, 2.05) is 19.9 Å². The van der Waals surface area contributed by atoms with E-state index in [0.29, 0.717) is 6.61 Å². The second-order valence-electron chi connectivity index (χ2n) is 4.18. The Hall–Kier alpha value is -0.340. The molecule has 1 rings (SSSR count). The summed E-state index contributed by atoms with van der Waals surface area (Å²) in [7, 11) is 0. The average Bonchev–Trinajstić information content (AvgIpc) is 2.02. The Kier molecular flexibility index (Phi) is 3.51. The van der Waals surface area contributed by atoms with Gasteiger partial charge in [0.05, 0.1) is 11.7 Å². The van der Waals surface area contributed by atoms with Crippen molar-refractivity contribution in [1.29, 1.82) is 0 Å². The fraction of sp³-hybridized carbons (Fsp3) is 0.818. The maximum atomic E-state index is 10.2. The third-order valence-electron chi connectivity index (χ3n) is 2.48. The van der Waals surface area contributed by atoms with Crippen molar-refractivity contribution in [2.45, 2.75) is 51.7 Å². The fourth-order valence-electron chi connectivity index (χ4n) is 1.89. The van der Waals surface area contributed by atoms with Gasteiger partial charge in [0.25, 0.3) is 0 Å². The van der Waals surface area contributed by atoms with Gasteiger partial charge in [-0.2, -0.15) is 0 Å². The molecule has 1 N–H and O–H groups in total. The summed E-state index contributed by atoms with van der Waals surface area (Å²) in [5.74, 6) is 0. The topological polar surface area (TPSA) is 29.5 Å². The van der Waals surface area contributed by atoms with Gasteiger partial charge >= 0.3 is 0 Å². The molecular formula is C11H20O2. The first-order valence-corrected chi connectivity index (χ1v) is 5.06. The Morgan fingerprint density at radius 1 is 1.62 bits per heavy atom. The van der Waals surface area contributed by atoms with Gasteiger partial charge in [-0.1, -0.05) is 18.6 Å². The Balaban J connectivity index is 2.62. The van der Waals surface area contributed by atoms with Crippen LogP contribution in [-0.2, 0) is 4.74 Å². The maximum absolute atomic E-state index is 10.2. The maximum Gasteiger partial charge on any atom is 0.0876 e. The van der Waals surface area contributed by atoms with Gasteiger partial charge in [0.15, 0.2) is 0 Å². The summed E-state index contributed by atoms with van der Waals surface area (Å²) in [6.07, 6.45) is 4.66. The summed E-state index contributed by atoms with van der Waals surface area (Å²) >= 11 is 0. The van der Waals surface area contributed by atoms with E-state index in [9.17, 15) is 5.11 Å². The average molecular weight is 184 g/mol. The number of aliphatic hydroxyl groups is 1. The molecule has 0 saturated carbocycles. The second-order valence-corrected chi connectivity index (χ2v) is 4.18. The minimum Gasteiger partial charge on any atom is -0.386 e. The highest BCUT2D eigenvalue weighted by molar-refractivity contribution is 5.08. The number of hydrogen-bond donors (Lipinski definition) is 1. The largest absolute Gasteiger partial charge is 0.386 e. The summed E-state index contributed by atoms with van der Waals surface area (Å²) in [5.41, 5.74) is 0.567. The van der Waals surface area contributed by atoms with Gasteiger partial charge in [-0.25, -0.2) is 0 Å². The van der Waals surface area contributed by atoms with Crippen LogP contribution in [0.3, 0.4) is 0 Å². The van der Waals surface area contributed by atoms with Crippen molar-refractivity contribution in [3.8, 4) is 0 Å².